The molecule has 0 amide bonds. The molecule has 4 heteroatoms. The molecule has 22 heavy (non-hydrogen) atoms. The molecule has 1 heterocycles. The Bertz CT molecular complexity index is 355. The molecule has 3 atom stereocenters. The lowest BCUT2D eigenvalue weighted by atomic mass is 9.70. The van der Waals surface area contributed by atoms with Gasteiger partial charge in [0.25, 0.3) is 0 Å². The lowest BCUT2D eigenvalue weighted by molar-refractivity contribution is -0.128. The third kappa shape index (κ3) is 6.06. The van der Waals surface area contributed by atoms with E-state index in [9.17, 15) is 0 Å². The van der Waals surface area contributed by atoms with Gasteiger partial charge >= 0.3 is 0 Å². The van der Waals surface area contributed by atoms with E-state index in [1.807, 2.05) is 13.8 Å². The molecule has 0 aromatic rings. The number of hydrogen-bond acceptors (Lipinski definition) is 3. The van der Waals surface area contributed by atoms with Gasteiger partial charge in [0.1, 0.15) is 0 Å². The first-order valence-electron chi connectivity index (χ1n) is 8.64. The third-order valence-electron chi connectivity index (χ3n) is 4.37. The normalized spacial score (nSPS) is 31.4. The molecule has 0 aromatic heterocycles. The number of rotatable bonds is 6. The molecule has 1 aliphatic carbocycles. The van der Waals surface area contributed by atoms with Gasteiger partial charge in [0, 0.05) is 13.0 Å². The average Bonchev–Trinajstić information content (AvgIpc) is 2.68. The summed E-state index contributed by atoms with van der Waals surface area (Å²) >= 11 is 0. The summed E-state index contributed by atoms with van der Waals surface area (Å²) in [7, 11) is 6.00. The molecular formula is C18H31BO3. The number of allylic oxidation sites excluding steroid dienone is 2. The Morgan fingerprint density at radius 2 is 1.59 bits per heavy atom. The summed E-state index contributed by atoms with van der Waals surface area (Å²) in [6.45, 7) is 8.92. The summed E-state index contributed by atoms with van der Waals surface area (Å²) in [5, 5.41) is -0.186. The fourth-order valence-electron chi connectivity index (χ4n) is 3.01. The van der Waals surface area contributed by atoms with E-state index in [1.165, 1.54) is 0 Å². The van der Waals surface area contributed by atoms with Gasteiger partial charge in [-0.3, -0.25) is 0 Å². The van der Waals surface area contributed by atoms with Crippen molar-refractivity contribution in [3.05, 3.63) is 12.2 Å². The van der Waals surface area contributed by atoms with Gasteiger partial charge in [-0.05, 0) is 46.0 Å². The molecule has 0 spiro atoms. The SMILES string of the molecule is [B]C(C)(C)CCOC(C)(C)CC1O[C@H]2CC/C=C/CC[C@H]2O1. The highest BCUT2D eigenvalue weighted by Gasteiger charge is 2.38. The van der Waals surface area contributed by atoms with Gasteiger partial charge in [-0.25, -0.2) is 0 Å². The van der Waals surface area contributed by atoms with Crippen LogP contribution in [0.1, 0.15) is 66.2 Å². The van der Waals surface area contributed by atoms with Crippen molar-refractivity contribution < 1.29 is 14.2 Å². The van der Waals surface area contributed by atoms with Gasteiger partial charge in [0.05, 0.1) is 25.7 Å². The van der Waals surface area contributed by atoms with Crippen LogP contribution in [0.5, 0.6) is 0 Å². The number of hydrogen-bond donors (Lipinski definition) is 0. The van der Waals surface area contributed by atoms with Crippen LogP contribution in [0.2, 0.25) is 5.31 Å². The minimum absolute atomic E-state index is 0.144. The zero-order valence-corrected chi connectivity index (χ0v) is 14.6. The van der Waals surface area contributed by atoms with Crippen molar-refractivity contribution in [1.29, 1.82) is 0 Å². The van der Waals surface area contributed by atoms with Crippen molar-refractivity contribution in [2.24, 2.45) is 0 Å². The molecule has 0 bridgehead atoms. The van der Waals surface area contributed by atoms with Gasteiger partial charge in [0.15, 0.2) is 6.29 Å². The van der Waals surface area contributed by atoms with E-state index in [1.54, 1.807) is 0 Å². The Morgan fingerprint density at radius 1 is 1.05 bits per heavy atom. The molecule has 1 saturated heterocycles. The predicted molar refractivity (Wildman–Crippen MR) is 90.2 cm³/mol. The molecule has 1 aliphatic heterocycles. The van der Waals surface area contributed by atoms with E-state index >= 15 is 0 Å². The van der Waals surface area contributed by atoms with E-state index in [0.29, 0.717) is 6.61 Å². The van der Waals surface area contributed by atoms with Crippen molar-refractivity contribution in [2.45, 2.75) is 95.6 Å². The largest absolute Gasteiger partial charge is 0.375 e. The maximum atomic E-state index is 6.12. The van der Waals surface area contributed by atoms with Crippen molar-refractivity contribution in [2.75, 3.05) is 6.61 Å². The minimum Gasteiger partial charge on any atom is -0.375 e. The van der Waals surface area contributed by atoms with Crippen LogP contribution < -0.4 is 0 Å². The second-order valence-electron chi connectivity index (χ2n) is 7.96. The average molecular weight is 306 g/mol. The topological polar surface area (TPSA) is 27.7 Å². The Balaban J connectivity index is 1.78. The summed E-state index contributed by atoms with van der Waals surface area (Å²) in [6.07, 6.45) is 10.8. The van der Waals surface area contributed by atoms with Crippen LogP contribution in [0.25, 0.3) is 0 Å². The van der Waals surface area contributed by atoms with Crippen LogP contribution in [0.3, 0.4) is 0 Å². The second kappa shape index (κ2) is 7.50. The molecule has 1 unspecified atom stereocenters. The van der Waals surface area contributed by atoms with Gasteiger partial charge in [-0.1, -0.05) is 31.3 Å². The van der Waals surface area contributed by atoms with Crippen LogP contribution in [0.4, 0.5) is 0 Å². The van der Waals surface area contributed by atoms with Crippen LogP contribution in [-0.4, -0.2) is 38.6 Å². The summed E-state index contributed by atoms with van der Waals surface area (Å²) in [4.78, 5) is 0. The molecule has 2 aliphatic rings. The van der Waals surface area contributed by atoms with E-state index in [4.69, 9.17) is 22.1 Å². The van der Waals surface area contributed by atoms with Gasteiger partial charge in [-0.2, -0.15) is 0 Å². The standard InChI is InChI=1S/C18H31BO3/c1-17(2,19)11-12-20-18(3,4)13-16-21-14-9-7-5-6-8-10-15(14)22-16/h5-6,14-16H,7-13H2,1-4H3/b6-5+/t14-,15+,16?. The molecule has 0 N–H and O–H groups in total. The highest BCUT2D eigenvalue weighted by molar-refractivity contribution is 6.14. The smallest absolute Gasteiger partial charge is 0.161 e. The van der Waals surface area contributed by atoms with Crippen molar-refractivity contribution in [3.8, 4) is 0 Å². The molecule has 1 fully saturated rings. The molecule has 2 radical (unpaired) electrons. The van der Waals surface area contributed by atoms with Crippen LogP contribution in [-0.2, 0) is 14.2 Å². The molecule has 2 rings (SSSR count). The monoisotopic (exact) mass is 306 g/mol. The molecule has 3 nitrogen and oxygen atoms in total. The number of ether oxygens (including phenoxy) is 3. The van der Waals surface area contributed by atoms with Crippen LogP contribution in [0.15, 0.2) is 12.2 Å². The van der Waals surface area contributed by atoms with Gasteiger partial charge < -0.3 is 14.2 Å². The maximum Gasteiger partial charge on any atom is 0.161 e. The Labute approximate surface area is 137 Å². The highest BCUT2D eigenvalue weighted by Crippen LogP contribution is 2.33. The summed E-state index contributed by atoms with van der Waals surface area (Å²) < 4.78 is 18.3. The predicted octanol–water partition coefficient (Wildman–Crippen LogP) is 4.17. The summed E-state index contributed by atoms with van der Waals surface area (Å²) in [5.74, 6) is 0. The summed E-state index contributed by atoms with van der Waals surface area (Å²) in [5.41, 5.74) is -0.256. The van der Waals surface area contributed by atoms with E-state index < -0.39 is 0 Å². The molecule has 124 valence electrons. The quantitative estimate of drug-likeness (QED) is 0.544. The second-order valence-corrected chi connectivity index (χ2v) is 7.96. The fraction of sp³-hybridized carbons (Fsp3) is 0.889. The molecule has 0 saturated carbocycles. The Morgan fingerprint density at radius 3 is 2.09 bits per heavy atom. The van der Waals surface area contributed by atoms with Crippen molar-refractivity contribution in [1.82, 2.24) is 0 Å². The van der Waals surface area contributed by atoms with Crippen molar-refractivity contribution in [3.63, 3.8) is 0 Å². The van der Waals surface area contributed by atoms with E-state index in [0.717, 1.165) is 38.5 Å². The third-order valence-corrected chi connectivity index (χ3v) is 4.37. The van der Waals surface area contributed by atoms with E-state index in [-0.39, 0.29) is 29.4 Å². The first-order chi connectivity index (χ1) is 10.3. The van der Waals surface area contributed by atoms with Crippen molar-refractivity contribution >= 4 is 7.85 Å². The fourth-order valence-corrected chi connectivity index (χ4v) is 3.01. The zero-order chi connectivity index (χ0) is 16.2. The zero-order valence-electron chi connectivity index (χ0n) is 14.6. The summed E-state index contributed by atoms with van der Waals surface area (Å²) in [6, 6.07) is 0. The van der Waals surface area contributed by atoms with Crippen LogP contribution >= 0.6 is 0 Å². The van der Waals surface area contributed by atoms with Crippen LogP contribution in [0, 0.1) is 0 Å². The first-order valence-corrected chi connectivity index (χ1v) is 8.64. The van der Waals surface area contributed by atoms with Gasteiger partial charge in [0.2, 0.25) is 0 Å². The lowest BCUT2D eigenvalue weighted by Crippen LogP contribution is -2.32. The Hall–Kier alpha value is -0.315. The van der Waals surface area contributed by atoms with Gasteiger partial charge in [-0.15, -0.1) is 0 Å². The number of fused-ring (bicyclic) bond motifs is 1. The van der Waals surface area contributed by atoms with E-state index in [2.05, 4.69) is 26.0 Å². The first kappa shape index (κ1) is 18.0. The molecular weight excluding hydrogens is 275 g/mol. The lowest BCUT2D eigenvalue weighted by Gasteiger charge is -2.29. The Kier molecular flexibility index (Phi) is 6.15. The minimum atomic E-state index is -0.256. The maximum absolute atomic E-state index is 6.12. The highest BCUT2D eigenvalue weighted by atomic mass is 16.7. The molecule has 0 aromatic carbocycles.